The third-order valence-corrected chi connectivity index (χ3v) is 2.11. The van der Waals surface area contributed by atoms with Gasteiger partial charge >= 0.3 is 0 Å². The van der Waals surface area contributed by atoms with E-state index in [2.05, 4.69) is 12.6 Å². The van der Waals surface area contributed by atoms with Gasteiger partial charge in [0.2, 0.25) is 0 Å². The third-order valence-electron chi connectivity index (χ3n) is 1.81. The van der Waals surface area contributed by atoms with E-state index in [4.69, 9.17) is 4.74 Å². The molecular weight excluding hydrogens is 205 g/mol. The van der Waals surface area contributed by atoms with Crippen LogP contribution in [0.2, 0.25) is 0 Å². The summed E-state index contributed by atoms with van der Waals surface area (Å²) in [5, 5.41) is -0.449. The summed E-state index contributed by atoms with van der Waals surface area (Å²) in [5.74, 6) is -0.361. The highest BCUT2D eigenvalue weighted by Gasteiger charge is 2.09. The molecule has 0 aromatic heterocycles. The zero-order valence-corrected chi connectivity index (χ0v) is 8.72. The molecule has 14 heavy (non-hydrogen) atoms. The van der Waals surface area contributed by atoms with Crippen LogP contribution in [0.5, 0.6) is 5.75 Å². The van der Waals surface area contributed by atoms with Crippen LogP contribution in [0.1, 0.15) is 0 Å². The Kier molecular flexibility index (Phi) is 3.35. The van der Waals surface area contributed by atoms with Crippen molar-refractivity contribution < 1.29 is 13.9 Å². The van der Waals surface area contributed by atoms with E-state index < -0.39 is 11.1 Å². The van der Waals surface area contributed by atoms with Crippen LogP contribution in [0.3, 0.4) is 0 Å². The van der Waals surface area contributed by atoms with E-state index in [0.29, 0.717) is 5.69 Å². The zero-order valence-electron chi connectivity index (χ0n) is 7.82. The van der Waals surface area contributed by atoms with Gasteiger partial charge < -0.3 is 9.64 Å². The fraction of sp³-hybridized carbons (Fsp3) is 0.222. The van der Waals surface area contributed by atoms with Gasteiger partial charge in [-0.25, -0.2) is 4.39 Å². The second-order valence-corrected chi connectivity index (χ2v) is 3.04. The maximum absolute atomic E-state index is 13.2. The number of hydrogen-bond acceptors (Lipinski definition) is 2. The molecule has 0 saturated heterocycles. The highest BCUT2D eigenvalue weighted by Crippen LogP contribution is 2.23. The van der Waals surface area contributed by atoms with Crippen LogP contribution in [-0.4, -0.2) is 19.4 Å². The van der Waals surface area contributed by atoms with Crippen molar-refractivity contribution in [3.8, 4) is 5.75 Å². The molecule has 0 N–H and O–H groups in total. The largest absolute Gasteiger partial charge is 0.494 e. The number of benzene rings is 1. The molecule has 1 rings (SSSR count). The Bertz CT molecular complexity index is 357. The highest BCUT2D eigenvalue weighted by atomic mass is 32.1. The van der Waals surface area contributed by atoms with Crippen molar-refractivity contribution in [2.75, 3.05) is 19.1 Å². The molecule has 0 aliphatic heterocycles. The first-order chi connectivity index (χ1) is 6.56. The third kappa shape index (κ3) is 2.17. The second kappa shape index (κ2) is 4.32. The number of carbonyl (C=O) groups is 1. The predicted octanol–water partition coefficient (Wildman–Crippen LogP) is 2.32. The molecule has 1 aromatic carbocycles. The van der Waals surface area contributed by atoms with E-state index in [9.17, 15) is 9.18 Å². The standard InChI is InChI=1S/C9H10FNO2S/c1-11(9(12)14)6-3-4-8(13-2)7(10)5-6/h3-5H,1-2H3,(H,12,14). The van der Waals surface area contributed by atoms with Gasteiger partial charge in [-0.3, -0.25) is 4.79 Å². The lowest BCUT2D eigenvalue weighted by Gasteiger charge is -2.14. The minimum atomic E-state index is -0.508. The van der Waals surface area contributed by atoms with E-state index in [1.54, 1.807) is 6.07 Å². The van der Waals surface area contributed by atoms with Gasteiger partial charge in [-0.15, -0.1) is 0 Å². The summed E-state index contributed by atoms with van der Waals surface area (Å²) < 4.78 is 17.9. The molecule has 0 aliphatic carbocycles. The van der Waals surface area contributed by atoms with Gasteiger partial charge in [0.1, 0.15) is 0 Å². The summed E-state index contributed by atoms with van der Waals surface area (Å²) in [6.07, 6.45) is 0. The fourth-order valence-corrected chi connectivity index (χ4v) is 1.09. The van der Waals surface area contributed by atoms with Crippen molar-refractivity contribution in [1.82, 2.24) is 0 Å². The van der Waals surface area contributed by atoms with Gasteiger partial charge in [0.05, 0.1) is 7.11 Å². The fourth-order valence-electron chi connectivity index (χ4n) is 0.974. The maximum atomic E-state index is 13.2. The normalized spacial score (nSPS) is 9.71. The summed E-state index contributed by atoms with van der Waals surface area (Å²) in [6.45, 7) is 0. The molecule has 0 unspecified atom stereocenters. The number of rotatable bonds is 2. The lowest BCUT2D eigenvalue weighted by Crippen LogP contribution is -2.19. The van der Waals surface area contributed by atoms with Crippen molar-refractivity contribution in [2.24, 2.45) is 0 Å². The minimum Gasteiger partial charge on any atom is -0.494 e. The summed E-state index contributed by atoms with van der Waals surface area (Å²) in [7, 11) is 2.89. The number of nitrogens with zero attached hydrogens (tertiary/aromatic N) is 1. The Morgan fingerprint density at radius 2 is 2.21 bits per heavy atom. The molecule has 0 spiro atoms. The SMILES string of the molecule is COc1ccc(N(C)C(=O)S)cc1F. The maximum Gasteiger partial charge on any atom is 0.282 e. The Balaban J connectivity index is 3.02. The van der Waals surface area contributed by atoms with E-state index in [1.165, 1.54) is 31.2 Å². The van der Waals surface area contributed by atoms with Gasteiger partial charge in [0.15, 0.2) is 11.6 Å². The average Bonchev–Trinajstić information content (AvgIpc) is 2.16. The van der Waals surface area contributed by atoms with Gasteiger partial charge in [-0.1, -0.05) is 12.6 Å². The molecule has 0 atom stereocenters. The zero-order chi connectivity index (χ0) is 10.7. The van der Waals surface area contributed by atoms with Crippen molar-refractivity contribution in [3.05, 3.63) is 24.0 Å². The number of anilines is 1. The number of carbonyl (C=O) groups excluding carboxylic acids is 1. The number of ether oxygens (including phenoxy) is 1. The monoisotopic (exact) mass is 215 g/mol. The van der Waals surface area contributed by atoms with E-state index in [1.807, 2.05) is 0 Å². The molecule has 3 nitrogen and oxygen atoms in total. The Labute approximate surface area is 86.9 Å². The highest BCUT2D eigenvalue weighted by molar-refractivity contribution is 7.96. The average molecular weight is 215 g/mol. The molecule has 1 amide bonds. The van der Waals surface area contributed by atoms with Crippen molar-refractivity contribution in [3.63, 3.8) is 0 Å². The van der Waals surface area contributed by atoms with E-state index in [0.717, 1.165) is 0 Å². The van der Waals surface area contributed by atoms with Crippen molar-refractivity contribution in [1.29, 1.82) is 0 Å². The van der Waals surface area contributed by atoms with Crippen LogP contribution in [0.25, 0.3) is 0 Å². The molecule has 0 heterocycles. The summed E-state index contributed by atoms with van der Waals surface area (Å²) in [5.41, 5.74) is 0.434. The van der Waals surface area contributed by atoms with Crippen LogP contribution >= 0.6 is 12.6 Å². The summed E-state index contributed by atoms with van der Waals surface area (Å²) in [4.78, 5) is 12.1. The van der Waals surface area contributed by atoms with Gasteiger partial charge in [0, 0.05) is 18.8 Å². The Morgan fingerprint density at radius 3 is 2.64 bits per heavy atom. The van der Waals surface area contributed by atoms with Gasteiger partial charge in [-0.2, -0.15) is 0 Å². The lowest BCUT2D eigenvalue weighted by molar-refractivity contribution is 0.266. The van der Waals surface area contributed by atoms with Gasteiger partial charge in [-0.05, 0) is 12.1 Å². The first kappa shape index (κ1) is 10.8. The van der Waals surface area contributed by atoms with Gasteiger partial charge in [0.25, 0.3) is 5.24 Å². The van der Waals surface area contributed by atoms with Crippen molar-refractivity contribution >= 4 is 23.6 Å². The Hall–Kier alpha value is -1.23. The molecule has 0 radical (unpaired) electrons. The van der Waals surface area contributed by atoms with Crippen LogP contribution in [0.4, 0.5) is 14.9 Å². The number of methoxy groups -OCH3 is 1. The van der Waals surface area contributed by atoms with Crippen LogP contribution in [0.15, 0.2) is 18.2 Å². The molecule has 5 heteroatoms. The second-order valence-electron chi connectivity index (χ2n) is 2.66. The first-order valence-corrected chi connectivity index (χ1v) is 4.31. The molecular formula is C9H10FNO2S. The molecule has 0 bridgehead atoms. The van der Waals surface area contributed by atoms with Crippen molar-refractivity contribution in [2.45, 2.75) is 0 Å². The number of amides is 1. The van der Waals surface area contributed by atoms with Crippen LogP contribution in [-0.2, 0) is 0 Å². The topological polar surface area (TPSA) is 29.5 Å². The van der Waals surface area contributed by atoms with E-state index >= 15 is 0 Å². The summed E-state index contributed by atoms with van der Waals surface area (Å²) >= 11 is 3.62. The number of thiol groups is 1. The van der Waals surface area contributed by atoms with Crippen LogP contribution in [0, 0.1) is 5.82 Å². The molecule has 1 aromatic rings. The molecule has 0 aliphatic rings. The number of hydrogen-bond donors (Lipinski definition) is 1. The van der Waals surface area contributed by atoms with Crippen LogP contribution < -0.4 is 9.64 Å². The Morgan fingerprint density at radius 1 is 1.57 bits per heavy atom. The summed E-state index contributed by atoms with van der Waals surface area (Å²) in [6, 6.07) is 4.25. The number of halogens is 1. The molecule has 0 fully saturated rings. The quantitative estimate of drug-likeness (QED) is 0.767. The minimum absolute atomic E-state index is 0.147. The van der Waals surface area contributed by atoms with E-state index in [-0.39, 0.29) is 5.75 Å². The smallest absolute Gasteiger partial charge is 0.282 e. The molecule has 76 valence electrons. The molecule has 0 saturated carbocycles. The lowest BCUT2D eigenvalue weighted by atomic mass is 10.3. The first-order valence-electron chi connectivity index (χ1n) is 3.86. The predicted molar refractivity (Wildman–Crippen MR) is 55.7 cm³/mol.